The lowest BCUT2D eigenvalue weighted by Gasteiger charge is -2.26. The maximum absolute atomic E-state index is 6.11. The Hall–Kier alpha value is -2.08. The van der Waals surface area contributed by atoms with Gasteiger partial charge in [0.2, 0.25) is 0 Å². The molecule has 1 fully saturated rings. The van der Waals surface area contributed by atoms with Crippen LogP contribution in [0, 0.1) is 6.92 Å². The molecule has 0 amide bonds. The van der Waals surface area contributed by atoms with Gasteiger partial charge in [-0.3, -0.25) is 4.90 Å². The first kappa shape index (κ1) is 20.2. The number of benzene rings is 2. The SMILES string of the molecule is Cc1cc(OCCn2c(CCCN3CCOCC3)nc3ccccc32)ccc1Cl. The maximum atomic E-state index is 6.11. The van der Waals surface area contributed by atoms with Gasteiger partial charge in [-0.2, -0.15) is 0 Å². The Balaban J connectivity index is 1.41. The third-order valence-electron chi connectivity index (χ3n) is 5.43. The second-order valence-electron chi connectivity index (χ2n) is 7.49. The van der Waals surface area contributed by atoms with Gasteiger partial charge in [0, 0.05) is 24.5 Å². The van der Waals surface area contributed by atoms with Crippen LogP contribution in [-0.2, 0) is 17.7 Å². The van der Waals surface area contributed by atoms with Crippen LogP contribution in [0.4, 0.5) is 0 Å². The lowest BCUT2D eigenvalue weighted by molar-refractivity contribution is 0.0374. The number of nitrogens with zero attached hydrogens (tertiary/aromatic N) is 3. The van der Waals surface area contributed by atoms with E-state index in [0.29, 0.717) is 6.61 Å². The lowest BCUT2D eigenvalue weighted by atomic mass is 10.2. The van der Waals surface area contributed by atoms with Crippen molar-refractivity contribution in [2.24, 2.45) is 0 Å². The van der Waals surface area contributed by atoms with E-state index in [1.165, 1.54) is 5.52 Å². The highest BCUT2D eigenvalue weighted by molar-refractivity contribution is 6.31. The summed E-state index contributed by atoms with van der Waals surface area (Å²) < 4.78 is 13.7. The minimum Gasteiger partial charge on any atom is -0.492 e. The lowest BCUT2D eigenvalue weighted by Crippen LogP contribution is -2.37. The summed E-state index contributed by atoms with van der Waals surface area (Å²) in [6.45, 7) is 8.21. The highest BCUT2D eigenvalue weighted by Crippen LogP contribution is 2.22. The predicted octanol–water partition coefficient (Wildman–Crippen LogP) is 4.34. The molecule has 0 aliphatic carbocycles. The number of hydrogen-bond donors (Lipinski definition) is 0. The second kappa shape index (κ2) is 9.61. The molecule has 6 heteroatoms. The molecule has 2 aromatic carbocycles. The molecule has 0 spiro atoms. The summed E-state index contributed by atoms with van der Waals surface area (Å²) >= 11 is 6.11. The summed E-state index contributed by atoms with van der Waals surface area (Å²) in [7, 11) is 0. The average molecular weight is 414 g/mol. The Labute approximate surface area is 177 Å². The fraction of sp³-hybridized carbons (Fsp3) is 0.435. The Morgan fingerprint density at radius 2 is 1.93 bits per heavy atom. The van der Waals surface area contributed by atoms with Crippen LogP contribution in [-0.4, -0.2) is 53.9 Å². The molecule has 0 unspecified atom stereocenters. The number of morpholine rings is 1. The highest BCUT2D eigenvalue weighted by atomic mass is 35.5. The van der Waals surface area contributed by atoms with Crippen LogP contribution >= 0.6 is 11.6 Å². The zero-order valence-electron chi connectivity index (χ0n) is 16.9. The summed E-state index contributed by atoms with van der Waals surface area (Å²) in [6, 6.07) is 14.1. The highest BCUT2D eigenvalue weighted by Gasteiger charge is 2.13. The summed E-state index contributed by atoms with van der Waals surface area (Å²) in [5, 5.41) is 0.764. The third kappa shape index (κ3) is 5.10. The summed E-state index contributed by atoms with van der Waals surface area (Å²) in [5.41, 5.74) is 3.25. The van der Waals surface area contributed by atoms with Gasteiger partial charge >= 0.3 is 0 Å². The van der Waals surface area contributed by atoms with E-state index in [1.54, 1.807) is 0 Å². The number of aromatic nitrogens is 2. The molecular formula is C23H28ClN3O2. The standard InChI is InChI=1S/C23H28ClN3O2/c1-18-17-19(8-9-20(18)24)29-16-13-27-22-6-3-2-5-21(22)25-23(27)7-4-10-26-11-14-28-15-12-26/h2-3,5-6,8-9,17H,4,7,10-16H2,1H3. The van der Waals surface area contributed by atoms with Crippen molar-refractivity contribution in [1.82, 2.24) is 14.5 Å². The van der Waals surface area contributed by atoms with Crippen molar-refractivity contribution in [2.75, 3.05) is 39.5 Å². The first-order chi connectivity index (χ1) is 14.2. The zero-order chi connectivity index (χ0) is 20.1. The smallest absolute Gasteiger partial charge is 0.119 e. The fourth-order valence-corrected chi connectivity index (χ4v) is 3.93. The normalized spacial score (nSPS) is 15.1. The summed E-state index contributed by atoms with van der Waals surface area (Å²) in [6.07, 6.45) is 2.06. The van der Waals surface area contributed by atoms with Gasteiger partial charge in [-0.05, 0) is 55.8 Å². The number of imidazole rings is 1. The number of ether oxygens (including phenoxy) is 2. The van der Waals surface area contributed by atoms with Crippen LogP contribution in [0.3, 0.4) is 0 Å². The number of para-hydroxylation sites is 2. The largest absolute Gasteiger partial charge is 0.492 e. The number of aryl methyl sites for hydroxylation is 2. The zero-order valence-corrected chi connectivity index (χ0v) is 17.7. The molecule has 2 heterocycles. The van der Waals surface area contributed by atoms with Crippen molar-refractivity contribution in [3.63, 3.8) is 0 Å². The molecule has 1 saturated heterocycles. The van der Waals surface area contributed by atoms with Crippen molar-refractivity contribution < 1.29 is 9.47 Å². The number of hydrogen-bond acceptors (Lipinski definition) is 4. The van der Waals surface area contributed by atoms with Gasteiger partial charge in [-0.1, -0.05) is 23.7 Å². The minimum absolute atomic E-state index is 0.595. The van der Waals surface area contributed by atoms with Gasteiger partial charge in [0.25, 0.3) is 0 Å². The number of rotatable bonds is 8. The Morgan fingerprint density at radius 3 is 2.76 bits per heavy atom. The minimum atomic E-state index is 0.595. The van der Waals surface area contributed by atoms with E-state index >= 15 is 0 Å². The van der Waals surface area contributed by atoms with E-state index in [2.05, 4.69) is 27.7 Å². The molecule has 1 aromatic heterocycles. The van der Waals surface area contributed by atoms with Crippen molar-refractivity contribution >= 4 is 22.6 Å². The predicted molar refractivity (Wildman–Crippen MR) is 117 cm³/mol. The van der Waals surface area contributed by atoms with Gasteiger partial charge in [0.1, 0.15) is 18.2 Å². The maximum Gasteiger partial charge on any atom is 0.119 e. The van der Waals surface area contributed by atoms with Crippen LogP contribution in [0.1, 0.15) is 17.8 Å². The molecule has 0 bridgehead atoms. The van der Waals surface area contributed by atoms with Crippen molar-refractivity contribution in [3.8, 4) is 5.75 Å². The summed E-state index contributed by atoms with van der Waals surface area (Å²) in [5.74, 6) is 1.99. The molecule has 29 heavy (non-hydrogen) atoms. The number of halogens is 1. The topological polar surface area (TPSA) is 39.5 Å². The molecule has 0 atom stereocenters. The molecule has 0 radical (unpaired) electrons. The van der Waals surface area contributed by atoms with Crippen molar-refractivity contribution in [3.05, 3.63) is 58.9 Å². The molecule has 4 rings (SSSR count). The average Bonchev–Trinajstić information content (AvgIpc) is 3.09. The number of fused-ring (bicyclic) bond motifs is 1. The summed E-state index contributed by atoms with van der Waals surface area (Å²) in [4.78, 5) is 7.37. The van der Waals surface area contributed by atoms with E-state index < -0.39 is 0 Å². The first-order valence-corrected chi connectivity index (χ1v) is 10.7. The first-order valence-electron chi connectivity index (χ1n) is 10.3. The molecule has 3 aromatic rings. The Bertz CT molecular complexity index is 950. The monoisotopic (exact) mass is 413 g/mol. The molecule has 1 aliphatic rings. The molecule has 1 aliphatic heterocycles. The van der Waals surface area contributed by atoms with Gasteiger partial charge in [0.15, 0.2) is 0 Å². The van der Waals surface area contributed by atoms with Crippen molar-refractivity contribution in [1.29, 1.82) is 0 Å². The van der Waals surface area contributed by atoms with Crippen LogP contribution in [0.15, 0.2) is 42.5 Å². The van der Waals surface area contributed by atoms with Gasteiger partial charge in [0.05, 0.1) is 30.8 Å². The van der Waals surface area contributed by atoms with E-state index in [-0.39, 0.29) is 0 Å². The van der Waals surface area contributed by atoms with E-state index in [4.69, 9.17) is 26.1 Å². The van der Waals surface area contributed by atoms with Crippen LogP contribution in [0.2, 0.25) is 5.02 Å². The van der Waals surface area contributed by atoms with Crippen molar-refractivity contribution in [2.45, 2.75) is 26.3 Å². The van der Waals surface area contributed by atoms with E-state index in [1.807, 2.05) is 31.2 Å². The van der Waals surface area contributed by atoms with Gasteiger partial charge in [-0.25, -0.2) is 4.98 Å². The Kier molecular flexibility index (Phi) is 6.70. The van der Waals surface area contributed by atoms with E-state index in [0.717, 1.165) is 79.9 Å². The Morgan fingerprint density at radius 1 is 1.10 bits per heavy atom. The van der Waals surface area contributed by atoms with Crippen LogP contribution in [0.5, 0.6) is 5.75 Å². The molecular weight excluding hydrogens is 386 g/mol. The van der Waals surface area contributed by atoms with E-state index in [9.17, 15) is 0 Å². The van der Waals surface area contributed by atoms with Gasteiger partial charge < -0.3 is 14.0 Å². The second-order valence-corrected chi connectivity index (χ2v) is 7.89. The quantitative estimate of drug-likeness (QED) is 0.550. The fourth-order valence-electron chi connectivity index (χ4n) is 3.81. The van der Waals surface area contributed by atoms with Crippen LogP contribution < -0.4 is 4.74 Å². The molecule has 0 N–H and O–H groups in total. The van der Waals surface area contributed by atoms with Gasteiger partial charge in [-0.15, -0.1) is 0 Å². The molecule has 154 valence electrons. The van der Waals surface area contributed by atoms with Crippen LogP contribution in [0.25, 0.3) is 11.0 Å². The third-order valence-corrected chi connectivity index (χ3v) is 5.85. The molecule has 0 saturated carbocycles. The molecule has 5 nitrogen and oxygen atoms in total.